The zero-order valence-electron chi connectivity index (χ0n) is 22.3. The van der Waals surface area contributed by atoms with Crippen molar-refractivity contribution >= 4 is 17.7 Å². The molecule has 9 heteroatoms. The largest absolute Gasteiger partial charge is 0.492 e. The Balaban J connectivity index is 1.54. The number of ether oxygens (including phenoxy) is 3. The number of carboxylic acid groups (broad SMARTS) is 1. The molecule has 0 fully saturated rings. The van der Waals surface area contributed by atoms with Crippen molar-refractivity contribution < 1.29 is 33.3 Å². The minimum absolute atomic E-state index is 0.245. The van der Waals surface area contributed by atoms with E-state index >= 15 is 0 Å². The van der Waals surface area contributed by atoms with E-state index in [4.69, 9.17) is 14.2 Å². The molecule has 3 aromatic carbocycles. The van der Waals surface area contributed by atoms with E-state index in [1.54, 1.807) is 48.2 Å². The number of halogens is 1. The number of hydrogen-bond donors (Lipinski definition) is 2. The van der Waals surface area contributed by atoms with Crippen LogP contribution in [-0.4, -0.2) is 61.0 Å². The summed E-state index contributed by atoms with van der Waals surface area (Å²) in [6, 6.07) is 20.5. The highest BCUT2D eigenvalue weighted by Gasteiger charge is 2.18. The Labute approximate surface area is 228 Å². The van der Waals surface area contributed by atoms with E-state index in [1.165, 1.54) is 12.1 Å². The minimum atomic E-state index is -0.997. The van der Waals surface area contributed by atoms with Gasteiger partial charge in [0.1, 0.15) is 18.2 Å². The Morgan fingerprint density at radius 2 is 1.67 bits per heavy atom. The first-order chi connectivity index (χ1) is 18.8. The molecule has 3 rings (SSSR count). The van der Waals surface area contributed by atoms with E-state index in [1.807, 2.05) is 31.2 Å². The Morgan fingerprint density at radius 3 is 2.33 bits per heavy atom. The lowest BCUT2D eigenvalue weighted by molar-refractivity contribution is -0.149. The van der Waals surface area contributed by atoms with Gasteiger partial charge in [0.15, 0.2) is 6.10 Å². The number of urea groups is 1. The van der Waals surface area contributed by atoms with Gasteiger partial charge in [-0.25, -0.2) is 14.0 Å². The monoisotopic (exact) mass is 538 g/mol. The maximum Gasteiger partial charge on any atom is 0.333 e. The Bertz CT molecular complexity index is 1190. The van der Waals surface area contributed by atoms with Gasteiger partial charge in [-0.3, -0.25) is 0 Å². The fraction of sp³-hybridized carbons (Fsp3) is 0.333. The van der Waals surface area contributed by atoms with Gasteiger partial charge in [-0.1, -0.05) is 36.4 Å². The third-order valence-electron chi connectivity index (χ3n) is 5.86. The van der Waals surface area contributed by atoms with Crippen LogP contribution in [0.4, 0.5) is 14.9 Å². The highest BCUT2D eigenvalue weighted by atomic mass is 19.1. The van der Waals surface area contributed by atoms with Crippen molar-refractivity contribution in [1.29, 1.82) is 0 Å². The van der Waals surface area contributed by atoms with Crippen molar-refractivity contribution in [3.8, 4) is 5.75 Å². The van der Waals surface area contributed by atoms with Crippen LogP contribution < -0.4 is 10.1 Å². The number of nitrogens with one attached hydrogen (secondary N) is 1. The maximum atomic E-state index is 13.1. The summed E-state index contributed by atoms with van der Waals surface area (Å²) >= 11 is 0. The highest BCUT2D eigenvalue weighted by molar-refractivity contribution is 5.89. The molecule has 1 unspecified atom stereocenters. The molecule has 0 heterocycles. The summed E-state index contributed by atoms with van der Waals surface area (Å²) in [5.41, 5.74) is 3.39. The zero-order valence-corrected chi connectivity index (χ0v) is 22.3. The van der Waals surface area contributed by atoms with Crippen LogP contribution in [0.15, 0.2) is 72.8 Å². The van der Waals surface area contributed by atoms with Crippen molar-refractivity contribution in [3.05, 3.63) is 95.3 Å². The molecule has 0 spiro atoms. The molecule has 0 radical (unpaired) electrons. The number of aliphatic carboxylic acids is 1. The summed E-state index contributed by atoms with van der Waals surface area (Å²) < 4.78 is 30.0. The van der Waals surface area contributed by atoms with Gasteiger partial charge in [-0.2, -0.15) is 0 Å². The Kier molecular flexibility index (Phi) is 11.7. The van der Waals surface area contributed by atoms with E-state index in [9.17, 15) is 19.1 Å². The third-order valence-corrected chi connectivity index (χ3v) is 5.86. The summed E-state index contributed by atoms with van der Waals surface area (Å²) in [7, 11) is 0. The average Bonchev–Trinajstić information content (AvgIpc) is 2.91. The number of carbonyl (C=O) groups excluding carboxylic acids is 1. The van der Waals surface area contributed by atoms with Crippen LogP contribution in [-0.2, 0) is 27.3 Å². The number of hydrogen-bond acceptors (Lipinski definition) is 5. The Hall–Kier alpha value is -3.95. The average molecular weight is 539 g/mol. The maximum absolute atomic E-state index is 13.1. The molecule has 0 saturated carbocycles. The first-order valence-electron chi connectivity index (χ1n) is 12.8. The van der Waals surface area contributed by atoms with Gasteiger partial charge in [-0.15, -0.1) is 0 Å². The predicted molar refractivity (Wildman–Crippen MR) is 147 cm³/mol. The van der Waals surface area contributed by atoms with Crippen LogP contribution in [0.5, 0.6) is 5.75 Å². The van der Waals surface area contributed by atoms with Crippen molar-refractivity contribution in [2.24, 2.45) is 0 Å². The summed E-state index contributed by atoms with van der Waals surface area (Å²) in [6.07, 6.45) is -0.638. The number of aryl methyl sites for hydroxylation is 1. The van der Waals surface area contributed by atoms with Gasteiger partial charge in [0.25, 0.3) is 0 Å². The lowest BCUT2D eigenvalue weighted by Gasteiger charge is -2.23. The molecule has 0 aliphatic carbocycles. The Morgan fingerprint density at radius 1 is 0.974 bits per heavy atom. The number of anilines is 1. The first-order valence-corrected chi connectivity index (χ1v) is 12.8. The van der Waals surface area contributed by atoms with Crippen molar-refractivity contribution in [3.63, 3.8) is 0 Å². The molecule has 208 valence electrons. The molecule has 3 aromatic rings. The molecule has 0 saturated heterocycles. The molecule has 2 N–H and O–H groups in total. The van der Waals surface area contributed by atoms with Gasteiger partial charge in [0, 0.05) is 25.3 Å². The fourth-order valence-corrected chi connectivity index (χ4v) is 3.81. The third kappa shape index (κ3) is 10.4. The fourth-order valence-electron chi connectivity index (χ4n) is 3.81. The van der Waals surface area contributed by atoms with E-state index in [2.05, 4.69) is 5.32 Å². The van der Waals surface area contributed by atoms with Crippen LogP contribution in [0.25, 0.3) is 0 Å². The number of carbonyl (C=O) groups is 2. The molecule has 1 atom stereocenters. The van der Waals surface area contributed by atoms with Crippen LogP contribution >= 0.6 is 0 Å². The van der Waals surface area contributed by atoms with Crippen LogP contribution in [0.2, 0.25) is 0 Å². The second-order valence-electron chi connectivity index (χ2n) is 8.94. The normalized spacial score (nSPS) is 11.6. The van der Waals surface area contributed by atoms with E-state index in [-0.39, 0.29) is 31.5 Å². The second kappa shape index (κ2) is 15.5. The number of benzene rings is 3. The van der Waals surface area contributed by atoms with Crippen LogP contribution in [0.3, 0.4) is 0 Å². The number of nitrogens with zero attached hydrogens (tertiary/aromatic N) is 1. The molecule has 8 nitrogen and oxygen atoms in total. The van der Waals surface area contributed by atoms with Gasteiger partial charge in [0.2, 0.25) is 0 Å². The van der Waals surface area contributed by atoms with Crippen LogP contribution in [0, 0.1) is 12.7 Å². The number of carboxylic acids is 1. The van der Waals surface area contributed by atoms with E-state index in [0.29, 0.717) is 37.7 Å². The lowest BCUT2D eigenvalue weighted by atomic mass is 10.1. The standard InChI is InChI=1S/C30H35FN2O6/c1-3-38-28(29(34)35)20-23-9-13-27(14-10-23)39-18-16-33(30(36)32-26-6-4-5-22(2)19-26)15-17-37-21-24-7-11-25(31)12-8-24/h4-14,19,28H,3,15-18,20-21H2,1-2H3,(H,32,36)(H,34,35). The van der Waals surface area contributed by atoms with Gasteiger partial charge < -0.3 is 29.5 Å². The summed E-state index contributed by atoms with van der Waals surface area (Å²) in [4.78, 5) is 26.0. The molecule has 0 aliphatic rings. The summed E-state index contributed by atoms with van der Waals surface area (Å²) in [5, 5.41) is 12.2. The number of amides is 2. The minimum Gasteiger partial charge on any atom is -0.492 e. The van der Waals surface area contributed by atoms with Gasteiger partial charge in [0.05, 0.1) is 19.8 Å². The van der Waals surface area contributed by atoms with Crippen LogP contribution in [0.1, 0.15) is 23.6 Å². The van der Waals surface area contributed by atoms with Gasteiger partial charge in [-0.05, 0) is 66.9 Å². The van der Waals surface area contributed by atoms with Crippen molar-refractivity contribution in [2.75, 3.05) is 38.2 Å². The summed E-state index contributed by atoms with van der Waals surface area (Å²) in [5.74, 6) is -0.696. The van der Waals surface area contributed by atoms with E-state index in [0.717, 1.165) is 16.7 Å². The topological polar surface area (TPSA) is 97.3 Å². The zero-order chi connectivity index (χ0) is 28.0. The smallest absolute Gasteiger partial charge is 0.333 e. The molecule has 0 bridgehead atoms. The summed E-state index contributed by atoms with van der Waals surface area (Å²) in [6.45, 7) is 5.52. The van der Waals surface area contributed by atoms with Gasteiger partial charge >= 0.3 is 12.0 Å². The molecule has 2 amide bonds. The van der Waals surface area contributed by atoms with Crippen molar-refractivity contribution in [1.82, 2.24) is 4.90 Å². The molecule has 0 aliphatic heterocycles. The molecular weight excluding hydrogens is 503 g/mol. The van der Waals surface area contributed by atoms with Crippen molar-refractivity contribution in [2.45, 2.75) is 33.0 Å². The lowest BCUT2D eigenvalue weighted by Crippen LogP contribution is -2.40. The predicted octanol–water partition coefficient (Wildman–Crippen LogP) is 5.30. The molecular formula is C30H35FN2O6. The second-order valence-corrected chi connectivity index (χ2v) is 8.94. The van der Waals surface area contributed by atoms with E-state index < -0.39 is 12.1 Å². The molecule has 0 aromatic heterocycles. The number of rotatable bonds is 15. The first kappa shape index (κ1) is 29.6. The highest BCUT2D eigenvalue weighted by Crippen LogP contribution is 2.15. The quantitative estimate of drug-likeness (QED) is 0.255. The SMILES string of the molecule is CCOC(Cc1ccc(OCCN(CCOCc2ccc(F)cc2)C(=O)Nc2cccc(C)c2)cc1)C(=O)O. The molecule has 39 heavy (non-hydrogen) atoms.